The van der Waals surface area contributed by atoms with E-state index in [9.17, 15) is 0 Å². The molecule has 4 nitrogen and oxygen atoms in total. The van der Waals surface area contributed by atoms with Gasteiger partial charge in [0, 0.05) is 19.7 Å². The summed E-state index contributed by atoms with van der Waals surface area (Å²) in [6.07, 6.45) is 5.16. The minimum Gasteiger partial charge on any atom is -0.493 e. The number of benzene rings is 1. The molecule has 2 atom stereocenters. The van der Waals surface area contributed by atoms with Crippen LogP contribution < -0.4 is 14.8 Å². The standard InChI is InChI=1S/C16H25NO3/c1-18-14-6-4-5-13(10-14)17-11-12-7-8-15(19-2)16(9-12)20-3/h7-9,13-14,17H,4-6,10-11H2,1-3H3/t13-,14-/m0/s1. The molecule has 1 aliphatic rings. The molecule has 0 unspecified atom stereocenters. The van der Waals surface area contributed by atoms with Crippen molar-refractivity contribution in [1.29, 1.82) is 0 Å². The third kappa shape index (κ3) is 3.87. The van der Waals surface area contributed by atoms with E-state index >= 15 is 0 Å². The van der Waals surface area contributed by atoms with E-state index < -0.39 is 0 Å². The van der Waals surface area contributed by atoms with Crippen LogP contribution in [-0.4, -0.2) is 33.5 Å². The maximum absolute atomic E-state index is 5.46. The van der Waals surface area contributed by atoms with E-state index in [0.717, 1.165) is 24.5 Å². The van der Waals surface area contributed by atoms with Crippen LogP contribution in [0.4, 0.5) is 0 Å². The van der Waals surface area contributed by atoms with Crippen molar-refractivity contribution in [3.63, 3.8) is 0 Å². The molecule has 1 aliphatic carbocycles. The van der Waals surface area contributed by atoms with Crippen LogP contribution in [0.1, 0.15) is 31.2 Å². The van der Waals surface area contributed by atoms with Crippen LogP contribution in [0.25, 0.3) is 0 Å². The summed E-state index contributed by atoms with van der Waals surface area (Å²) in [6.45, 7) is 0.849. The first-order valence-corrected chi connectivity index (χ1v) is 7.24. The lowest BCUT2D eigenvalue weighted by atomic mass is 9.92. The molecule has 0 heterocycles. The molecule has 112 valence electrons. The fourth-order valence-corrected chi connectivity index (χ4v) is 2.80. The average molecular weight is 279 g/mol. The molecule has 1 saturated carbocycles. The monoisotopic (exact) mass is 279 g/mol. The molecule has 4 heteroatoms. The van der Waals surface area contributed by atoms with Gasteiger partial charge in [-0.3, -0.25) is 0 Å². The van der Waals surface area contributed by atoms with Gasteiger partial charge in [0.05, 0.1) is 20.3 Å². The smallest absolute Gasteiger partial charge is 0.161 e. The van der Waals surface area contributed by atoms with Gasteiger partial charge in [0.2, 0.25) is 0 Å². The number of hydrogen-bond acceptors (Lipinski definition) is 4. The molecule has 0 amide bonds. The Bertz CT molecular complexity index is 422. The zero-order valence-corrected chi connectivity index (χ0v) is 12.6. The SMILES string of the molecule is COc1ccc(CN[C@H]2CCC[C@H](OC)C2)cc1OC. The van der Waals surface area contributed by atoms with E-state index in [0.29, 0.717) is 12.1 Å². The fourth-order valence-electron chi connectivity index (χ4n) is 2.80. The van der Waals surface area contributed by atoms with Crippen LogP contribution in [-0.2, 0) is 11.3 Å². The average Bonchev–Trinajstić information content (AvgIpc) is 2.52. The lowest BCUT2D eigenvalue weighted by Crippen LogP contribution is -2.36. The van der Waals surface area contributed by atoms with Crippen molar-refractivity contribution >= 4 is 0 Å². The lowest BCUT2D eigenvalue weighted by molar-refractivity contribution is 0.0586. The highest BCUT2D eigenvalue weighted by atomic mass is 16.5. The Labute approximate surface area is 121 Å². The summed E-state index contributed by atoms with van der Waals surface area (Å²) in [5.74, 6) is 1.55. The molecular weight excluding hydrogens is 254 g/mol. The Balaban J connectivity index is 1.90. The molecule has 2 rings (SSSR count). The molecule has 20 heavy (non-hydrogen) atoms. The Hall–Kier alpha value is -1.26. The van der Waals surface area contributed by atoms with Gasteiger partial charge in [0.15, 0.2) is 11.5 Å². The molecule has 1 aromatic carbocycles. The van der Waals surface area contributed by atoms with Crippen molar-refractivity contribution in [2.45, 2.75) is 44.4 Å². The summed E-state index contributed by atoms with van der Waals surface area (Å²) in [4.78, 5) is 0. The van der Waals surface area contributed by atoms with Crippen LogP contribution in [0.5, 0.6) is 11.5 Å². The Morgan fingerprint density at radius 3 is 2.60 bits per heavy atom. The van der Waals surface area contributed by atoms with E-state index in [1.54, 1.807) is 21.3 Å². The second kappa shape index (κ2) is 7.50. The van der Waals surface area contributed by atoms with Crippen molar-refractivity contribution in [2.24, 2.45) is 0 Å². The predicted octanol–water partition coefficient (Wildman–Crippen LogP) is 2.75. The minimum absolute atomic E-state index is 0.409. The largest absolute Gasteiger partial charge is 0.493 e. The van der Waals surface area contributed by atoms with Gasteiger partial charge in [-0.05, 0) is 43.4 Å². The second-order valence-corrected chi connectivity index (χ2v) is 5.29. The molecular formula is C16H25NO3. The second-order valence-electron chi connectivity index (χ2n) is 5.29. The number of methoxy groups -OCH3 is 3. The van der Waals surface area contributed by atoms with Crippen LogP contribution in [0, 0.1) is 0 Å². The Kier molecular flexibility index (Phi) is 5.68. The van der Waals surface area contributed by atoms with E-state index in [2.05, 4.69) is 11.4 Å². The summed E-state index contributed by atoms with van der Waals surface area (Å²) in [5, 5.41) is 3.61. The van der Waals surface area contributed by atoms with Gasteiger partial charge >= 0.3 is 0 Å². The van der Waals surface area contributed by atoms with Crippen LogP contribution >= 0.6 is 0 Å². The molecule has 0 radical (unpaired) electrons. The number of hydrogen-bond donors (Lipinski definition) is 1. The molecule has 1 fully saturated rings. The zero-order chi connectivity index (χ0) is 14.4. The summed E-state index contributed by atoms with van der Waals surface area (Å²) in [6, 6.07) is 6.60. The van der Waals surface area contributed by atoms with E-state index in [1.807, 2.05) is 12.1 Å². The van der Waals surface area contributed by atoms with Gasteiger partial charge in [-0.15, -0.1) is 0 Å². The van der Waals surface area contributed by atoms with Gasteiger partial charge in [0.25, 0.3) is 0 Å². The van der Waals surface area contributed by atoms with E-state index in [4.69, 9.17) is 14.2 Å². The maximum Gasteiger partial charge on any atom is 0.161 e. The molecule has 0 spiro atoms. The number of nitrogens with one attached hydrogen (secondary N) is 1. The van der Waals surface area contributed by atoms with Gasteiger partial charge in [-0.2, -0.15) is 0 Å². The number of rotatable bonds is 6. The highest BCUT2D eigenvalue weighted by Gasteiger charge is 2.21. The van der Waals surface area contributed by atoms with Crippen LogP contribution in [0.2, 0.25) is 0 Å². The first kappa shape index (κ1) is 15.1. The van der Waals surface area contributed by atoms with Crippen molar-refractivity contribution < 1.29 is 14.2 Å². The third-order valence-corrected chi connectivity index (χ3v) is 4.00. The first-order chi connectivity index (χ1) is 9.76. The normalized spacial score (nSPS) is 22.6. The van der Waals surface area contributed by atoms with E-state index in [1.165, 1.54) is 24.8 Å². The molecule has 1 N–H and O–H groups in total. The van der Waals surface area contributed by atoms with Gasteiger partial charge in [0.1, 0.15) is 0 Å². The number of ether oxygens (including phenoxy) is 3. The molecule has 0 saturated heterocycles. The van der Waals surface area contributed by atoms with Crippen molar-refractivity contribution in [3.05, 3.63) is 23.8 Å². The summed E-state index contributed by atoms with van der Waals surface area (Å²) in [7, 11) is 5.13. The Morgan fingerprint density at radius 1 is 1.10 bits per heavy atom. The topological polar surface area (TPSA) is 39.7 Å². The minimum atomic E-state index is 0.409. The van der Waals surface area contributed by atoms with Crippen LogP contribution in [0.3, 0.4) is 0 Å². The summed E-state index contributed by atoms with van der Waals surface area (Å²) >= 11 is 0. The molecule has 0 aromatic heterocycles. The van der Waals surface area contributed by atoms with Crippen molar-refractivity contribution in [2.75, 3.05) is 21.3 Å². The molecule has 0 bridgehead atoms. The highest BCUT2D eigenvalue weighted by molar-refractivity contribution is 5.42. The first-order valence-electron chi connectivity index (χ1n) is 7.24. The fraction of sp³-hybridized carbons (Fsp3) is 0.625. The Morgan fingerprint density at radius 2 is 1.90 bits per heavy atom. The lowest BCUT2D eigenvalue weighted by Gasteiger charge is -2.29. The van der Waals surface area contributed by atoms with Gasteiger partial charge in [-0.25, -0.2) is 0 Å². The molecule has 1 aromatic rings. The van der Waals surface area contributed by atoms with Crippen LogP contribution in [0.15, 0.2) is 18.2 Å². The highest BCUT2D eigenvalue weighted by Crippen LogP contribution is 2.28. The van der Waals surface area contributed by atoms with Gasteiger partial charge < -0.3 is 19.5 Å². The maximum atomic E-state index is 5.46. The summed E-state index contributed by atoms with van der Waals surface area (Å²) < 4.78 is 16.0. The quantitative estimate of drug-likeness (QED) is 0.869. The zero-order valence-electron chi connectivity index (χ0n) is 12.6. The third-order valence-electron chi connectivity index (χ3n) is 4.00. The summed E-state index contributed by atoms with van der Waals surface area (Å²) in [5.41, 5.74) is 1.21. The predicted molar refractivity (Wildman–Crippen MR) is 79.4 cm³/mol. The molecule has 0 aliphatic heterocycles. The van der Waals surface area contributed by atoms with E-state index in [-0.39, 0.29) is 0 Å². The van der Waals surface area contributed by atoms with Gasteiger partial charge in [-0.1, -0.05) is 6.07 Å². The van der Waals surface area contributed by atoms with Crippen molar-refractivity contribution in [3.8, 4) is 11.5 Å². The van der Waals surface area contributed by atoms with Crippen molar-refractivity contribution in [1.82, 2.24) is 5.32 Å².